The van der Waals surface area contributed by atoms with E-state index in [9.17, 15) is 14.7 Å². The topological polar surface area (TPSA) is 57.6 Å². The summed E-state index contributed by atoms with van der Waals surface area (Å²) in [5.74, 6) is -0.765. The Morgan fingerprint density at radius 2 is 2.19 bits per heavy atom. The second-order valence-corrected chi connectivity index (χ2v) is 6.71. The fraction of sp³-hybridized carbons (Fsp3) is 0.333. The summed E-state index contributed by atoms with van der Waals surface area (Å²) in [6.07, 6.45) is 5.14. The van der Waals surface area contributed by atoms with Crippen LogP contribution in [-0.4, -0.2) is 34.7 Å². The van der Waals surface area contributed by atoms with Crippen LogP contribution in [0.3, 0.4) is 0 Å². The molecule has 1 aromatic carbocycles. The monoisotopic (exact) mass is 369 g/mol. The summed E-state index contributed by atoms with van der Waals surface area (Å²) in [5, 5.41) is 9.17. The molecule has 6 heteroatoms. The Balaban J connectivity index is 2.04. The minimum absolute atomic E-state index is 0.00976. The molecule has 0 saturated heterocycles. The highest BCUT2D eigenvalue weighted by Gasteiger charge is 2.18. The first-order valence-electron chi connectivity index (χ1n) is 6.60. The fourth-order valence-electron chi connectivity index (χ4n) is 2.15. The quantitative estimate of drug-likeness (QED) is 0.802. The zero-order valence-electron chi connectivity index (χ0n) is 11.6. The average Bonchev–Trinajstić information content (AvgIpc) is 2.97. The van der Waals surface area contributed by atoms with Gasteiger partial charge in [-0.3, -0.25) is 4.79 Å². The number of allylic oxidation sites excluding steroid dienone is 2. The van der Waals surface area contributed by atoms with Gasteiger partial charge < -0.3 is 10.0 Å². The van der Waals surface area contributed by atoms with E-state index in [-0.39, 0.29) is 17.2 Å². The van der Waals surface area contributed by atoms with Crippen LogP contribution in [0.5, 0.6) is 0 Å². The van der Waals surface area contributed by atoms with Gasteiger partial charge in [-0.1, -0.05) is 22.0 Å². The number of carbonyl (C=O) groups excluding carboxylic acids is 1. The normalized spacial score (nSPS) is 13.9. The van der Waals surface area contributed by atoms with Crippen molar-refractivity contribution in [3.05, 3.63) is 40.0 Å². The Morgan fingerprint density at radius 1 is 1.43 bits per heavy atom. The third kappa shape index (κ3) is 4.11. The largest absolute Gasteiger partial charge is 0.478 e. The van der Waals surface area contributed by atoms with Crippen molar-refractivity contribution in [3.8, 4) is 0 Å². The van der Waals surface area contributed by atoms with Gasteiger partial charge in [0, 0.05) is 22.1 Å². The van der Waals surface area contributed by atoms with Crippen LogP contribution in [0.4, 0.5) is 0 Å². The molecule has 112 valence electrons. The standard InChI is InChI=1S/C15H16BrNO3S/c1-17(11-4-2-3-5-11)14(18)9-21-13-8-10(16)6-7-12(13)15(19)20/h4,6-8H,2-3,5,9H2,1H3,(H,19,20). The van der Waals surface area contributed by atoms with Gasteiger partial charge in [-0.25, -0.2) is 4.79 Å². The number of hydrogen-bond acceptors (Lipinski definition) is 3. The highest BCUT2D eigenvalue weighted by molar-refractivity contribution is 9.10. The van der Waals surface area contributed by atoms with E-state index in [1.807, 2.05) is 0 Å². The lowest BCUT2D eigenvalue weighted by molar-refractivity contribution is -0.125. The fourth-order valence-corrected chi connectivity index (χ4v) is 3.65. The molecular weight excluding hydrogens is 354 g/mol. The number of rotatable bonds is 5. The first-order chi connectivity index (χ1) is 9.99. The predicted molar refractivity (Wildman–Crippen MR) is 86.5 cm³/mol. The van der Waals surface area contributed by atoms with E-state index in [4.69, 9.17) is 0 Å². The second kappa shape index (κ2) is 7.13. The number of nitrogens with zero attached hydrogens (tertiary/aromatic N) is 1. The van der Waals surface area contributed by atoms with Crippen molar-refractivity contribution >= 4 is 39.6 Å². The Hall–Kier alpha value is -1.27. The summed E-state index contributed by atoms with van der Waals surface area (Å²) in [6.45, 7) is 0. The van der Waals surface area contributed by atoms with Crippen molar-refractivity contribution in [2.24, 2.45) is 0 Å². The van der Waals surface area contributed by atoms with Crippen LogP contribution >= 0.6 is 27.7 Å². The number of thioether (sulfide) groups is 1. The number of carboxylic acid groups (broad SMARTS) is 1. The van der Waals surface area contributed by atoms with Crippen molar-refractivity contribution in [1.29, 1.82) is 0 Å². The zero-order valence-corrected chi connectivity index (χ0v) is 14.0. The molecule has 0 saturated carbocycles. The summed E-state index contributed by atoms with van der Waals surface area (Å²) in [7, 11) is 1.78. The number of halogens is 1. The summed E-state index contributed by atoms with van der Waals surface area (Å²) in [4.78, 5) is 25.6. The number of amides is 1. The van der Waals surface area contributed by atoms with Gasteiger partial charge in [-0.05, 0) is 37.5 Å². The van der Waals surface area contributed by atoms with Gasteiger partial charge in [0.25, 0.3) is 0 Å². The van der Waals surface area contributed by atoms with Gasteiger partial charge in [0.1, 0.15) is 0 Å². The minimum atomic E-state index is -0.982. The third-order valence-corrected chi connectivity index (χ3v) is 4.88. The SMILES string of the molecule is CN(C(=O)CSc1cc(Br)ccc1C(=O)O)C1=CCCC1. The number of benzene rings is 1. The van der Waals surface area contributed by atoms with Gasteiger partial charge >= 0.3 is 5.97 Å². The van der Waals surface area contributed by atoms with Gasteiger partial charge in [0.2, 0.25) is 5.91 Å². The Morgan fingerprint density at radius 3 is 2.81 bits per heavy atom. The first-order valence-corrected chi connectivity index (χ1v) is 8.38. The second-order valence-electron chi connectivity index (χ2n) is 4.77. The number of hydrogen-bond donors (Lipinski definition) is 1. The van der Waals surface area contributed by atoms with Gasteiger partial charge in [-0.2, -0.15) is 0 Å². The van der Waals surface area contributed by atoms with E-state index in [2.05, 4.69) is 22.0 Å². The summed E-state index contributed by atoms with van der Waals surface area (Å²) in [6, 6.07) is 4.96. The predicted octanol–water partition coefficient (Wildman–Crippen LogP) is 3.77. The molecule has 0 atom stereocenters. The zero-order chi connectivity index (χ0) is 15.4. The van der Waals surface area contributed by atoms with Crippen LogP contribution in [0.2, 0.25) is 0 Å². The molecule has 0 aliphatic heterocycles. The molecule has 2 rings (SSSR count). The smallest absolute Gasteiger partial charge is 0.336 e. The van der Waals surface area contributed by atoms with Crippen LogP contribution in [0.15, 0.2) is 39.3 Å². The Labute approximate surface area is 136 Å². The van der Waals surface area contributed by atoms with Crippen molar-refractivity contribution in [1.82, 2.24) is 4.90 Å². The molecule has 0 heterocycles. The van der Waals surface area contributed by atoms with E-state index in [1.54, 1.807) is 30.1 Å². The molecule has 1 N–H and O–H groups in total. The average molecular weight is 370 g/mol. The molecule has 21 heavy (non-hydrogen) atoms. The maximum atomic E-state index is 12.2. The van der Waals surface area contributed by atoms with Crippen LogP contribution in [-0.2, 0) is 4.79 Å². The number of carbonyl (C=O) groups is 2. The van der Waals surface area contributed by atoms with Crippen molar-refractivity contribution in [2.75, 3.05) is 12.8 Å². The van der Waals surface area contributed by atoms with Crippen molar-refractivity contribution in [2.45, 2.75) is 24.2 Å². The molecule has 0 spiro atoms. The lowest BCUT2D eigenvalue weighted by atomic mass is 10.2. The molecule has 0 fully saturated rings. The number of carboxylic acids is 1. The van der Waals surface area contributed by atoms with Crippen LogP contribution in [0.25, 0.3) is 0 Å². The summed E-state index contributed by atoms with van der Waals surface area (Å²) < 4.78 is 0.800. The Bertz CT molecular complexity index is 601. The first kappa shape index (κ1) is 16.1. The molecule has 0 bridgehead atoms. The molecule has 4 nitrogen and oxygen atoms in total. The third-order valence-electron chi connectivity index (χ3n) is 3.35. The van der Waals surface area contributed by atoms with Gasteiger partial charge in [-0.15, -0.1) is 11.8 Å². The molecule has 0 aromatic heterocycles. The molecule has 1 amide bonds. The van der Waals surface area contributed by atoms with E-state index in [0.717, 1.165) is 29.4 Å². The lowest BCUT2D eigenvalue weighted by Gasteiger charge is -2.18. The maximum absolute atomic E-state index is 12.2. The van der Waals surface area contributed by atoms with Gasteiger partial charge in [0.15, 0.2) is 0 Å². The lowest BCUT2D eigenvalue weighted by Crippen LogP contribution is -2.27. The van der Waals surface area contributed by atoms with Gasteiger partial charge in [0.05, 0.1) is 11.3 Å². The molecule has 0 radical (unpaired) electrons. The molecule has 1 aliphatic carbocycles. The molecule has 0 unspecified atom stereocenters. The van der Waals surface area contributed by atoms with E-state index in [1.165, 1.54) is 11.8 Å². The molecule has 1 aliphatic rings. The highest BCUT2D eigenvalue weighted by Crippen LogP contribution is 2.28. The highest BCUT2D eigenvalue weighted by atomic mass is 79.9. The molecule has 1 aromatic rings. The van der Waals surface area contributed by atoms with Crippen LogP contribution in [0.1, 0.15) is 29.6 Å². The van der Waals surface area contributed by atoms with E-state index < -0.39 is 5.97 Å². The number of aromatic carboxylic acids is 1. The Kier molecular flexibility index (Phi) is 5.47. The van der Waals surface area contributed by atoms with E-state index >= 15 is 0 Å². The van der Waals surface area contributed by atoms with Crippen molar-refractivity contribution < 1.29 is 14.7 Å². The van der Waals surface area contributed by atoms with Crippen LogP contribution < -0.4 is 0 Å². The summed E-state index contributed by atoms with van der Waals surface area (Å²) >= 11 is 4.58. The van der Waals surface area contributed by atoms with E-state index in [0.29, 0.717) is 4.90 Å². The minimum Gasteiger partial charge on any atom is -0.478 e. The maximum Gasteiger partial charge on any atom is 0.336 e. The summed E-state index contributed by atoms with van der Waals surface area (Å²) in [5.41, 5.74) is 1.28. The van der Waals surface area contributed by atoms with Crippen LogP contribution in [0, 0.1) is 0 Å². The van der Waals surface area contributed by atoms with Crippen molar-refractivity contribution in [3.63, 3.8) is 0 Å². The molecular formula is C15H16BrNO3S.